The van der Waals surface area contributed by atoms with Gasteiger partial charge in [-0.2, -0.15) is 23.5 Å². The van der Waals surface area contributed by atoms with E-state index in [1.54, 1.807) is 11.3 Å². The first kappa shape index (κ1) is 18.0. The molecule has 0 bridgehead atoms. The predicted molar refractivity (Wildman–Crippen MR) is 96.1 cm³/mol. The fourth-order valence-electron chi connectivity index (χ4n) is 1.11. The highest BCUT2D eigenvalue weighted by atomic mass is 32.2. The van der Waals surface area contributed by atoms with E-state index in [0.29, 0.717) is 0 Å². The van der Waals surface area contributed by atoms with Crippen LogP contribution in [0.5, 0.6) is 0 Å². The van der Waals surface area contributed by atoms with Crippen LogP contribution in [-0.4, -0.2) is 31.9 Å². The minimum Gasteiger partial charge on any atom is -0.151 e. The second-order valence-electron chi connectivity index (χ2n) is 3.88. The van der Waals surface area contributed by atoms with Gasteiger partial charge in [0.2, 0.25) is 0 Å². The first-order valence-electron chi connectivity index (χ1n) is 6.61. The summed E-state index contributed by atoms with van der Waals surface area (Å²) in [5.41, 5.74) is 0. The maximum Gasteiger partial charge on any atom is 0.175 e. The van der Waals surface area contributed by atoms with Gasteiger partial charge in [0.1, 0.15) is 0 Å². The van der Waals surface area contributed by atoms with Crippen LogP contribution in [-0.2, 0) is 0 Å². The minimum atomic E-state index is 1.10. The Bertz CT molecular complexity index is 290. The molecule has 0 N–H and O–H groups in total. The Morgan fingerprint density at radius 1 is 0.842 bits per heavy atom. The number of hydrogen-bond donors (Lipinski definition) is 0. The van der Waals surface area contributed by atoms with Crippen LogP contribution in [0.2, 0.25) is 0 Å². The van der Waals surface area contributed by atoms with Gasteiger partial charge in [0, 0.05) is 10.2 Å². The number of rotatable bonds is 12. The summed E-state index contributed by atoms with van der Waals surface area (Å²) in [5.74, 6) is 2.52. The summed E-state index contributed by atoms with van der Waals surface area (Å²) in [7, 11) is 0. The van der Waals surface area contributed by atoms with Gasteiger partial charge in [-0.3, -0.25) is 0 Å². The first-order valence-corrected chi connectivity index (χ1v) is 11.7. The van der Waals surface area contributed by atoms with Crippen molar-refractivity contribution in [2.24, 2.45) is 0 Å². The Morgan fingerprint density at radius 3 is 1.74 bits per heavy atom. The fraction of sp³-hybridized carbons (Fsp3) is 0.833. The van der Waals surface area contributed by atoms with Crippen molar-refractivity contribution >= 4 is 58.4 Å². The standard InChI is InChI=1S/C12H22N2S5/c1-3-5-7-15-9-17-11-13-14-12(19-11)18-10-16-8-6-4-2/h3-10H2,1-2H3. The second kappa shape index (κ2) is 12.7. The molecule has 0 atom stereocenters. The molecule has 0 saturated carbocycles. The summed E-state index contributed by atoms with van der Waals surface area (Å²) < 4.78 is 2.23. The quantitative estimate of drug-likeness (QED) is 0.271. The molecule has 1 aromatic rings. The van der Waals surface area contributed by atoms with Crippen LogP contribution in [0, 0.1) is 0 Å². The lowest BCUT2D eigenvalue weighted by molar-refractivity contribution is 0.897. The topological polar surface area (TPSA) is 25.8 Å². The fourth-order valence-corrected chi connectivity index (χ4v) is 6.99. The SMILES string of the molecule is CCCCSCSc1nnc(SCSCCCC)s1. The largest absolute Gasteiger partial charge is 0.175 e. The lowest BCUT2D eigenvalue weighted by Crippen LogP contribution is -1.79. The molecule has 0 spiro atoms. The highest BCUT2D eigenvalue weighted by Gasteiger charge is 2.05. The number of thioether (sulfide) groups is 4. The monoisotopic (exact) mass is 354 g/mol. The molecule has 0 amide bonds. The number of unbranched alkanes of at least 4 members (excludes halogenated alkanes) is 2. The third kappa shape index (κ3) is 9.50. The molecule has 0 aromatic carbocycles. The molecule has 0 fully saturated rings. The Balaban J connectivity index is 2.07. The van der Waals surface area contributed by atoms with Gasteiger partial charge in [0.25, 0.3) is 0 Å². The lowest BCUT2D eigenvalue weighted by Gasteiger charge is -1.97. The average molecular weight is 355 g/mol. The zero-order valence-corrected chi connectivity index (χ0v) is 15.7. The zero-order valence-electron chi connectivity index (χ0n) is 11.6. The lowest BCUT2D eigenvalue weighted by atomic mass is 10.4. The van der Waals surface area contributed by atoms with Crippen molar-refractivity contribution in [2.75, 3.05) is 21.7 Å². The molecule has 19 heavy (non-hydrogen) atoms. The van der Waals surface area contributed by atoms with Gasteiger partial charge in [-0.1, -0.05) is 61.5 Å². The van der Waals surface area contributed by atoms with Crippen LogP contribution < -0.4 is 0 Å². The molecule has 2 nitrogen and oxygen atoms in total. The van der Waals surface area contributed by atoms with E-state index in [9.17, 15) is 0 Å². The van der Waals surface area contributed by atoms with Gasteiger partial charge in [-0.25, -0.2) is 0 Å². The third-order valence-electron chi connectivity index (χ3n) is 2.20. The van der Waals surface area contributed by atoms with Crippen molar-refractivity contribution < 1.29 is 0 Å². The van der Waals surface area contributed by atoms with Crippen molar-refractivity contribution in [1.29, 1.82) is 0 Å². The number of hydrogen-bond acceptors (Lipinski definition) is 7. The molecule has 1 heterocycles. The smallest absolute Gasteiger partial charge is 0.151 e. The maximum absolute atomic E-state index is 4.24. The molecule has 7 heteroatoms. The van der Waals surface area contributed by atoms with E-state index in [0.717, 1.165) is 18.8 Å². The van der Waals surface area contributed by atoms with E-state index in [1.165, 1.54) is 37.2 Å². The summed E-state index contributed by atoms with van der Waals surface area (Å²) in [6, 6.07) is 0. The highest BCUT2D eigenvalue weighted by Crippen LogP contribution is 2.32. The summed E-state index contributed by atoms with van der Waals surface area (Å²) in [6.45, 7) is 4.47. The van der Waals surface area contributed by atoms with Crippen molar-refractivity contribution in [3.8, 4) is 0 Å². The van der Waals surface area contributed by atoms with Gasteiger partial charge in [-0.05, 0) is 24.3 Å². The van der Waals surface area contributed by atoms with Crippen molar-refractivity contribution in [3.05, 3.63) is 0 Å². The molecule has 0 aliphatic heterocycles. The Morgan fingerprint density at radius 2 is 1.32 bits per heavy atom. The average Bonchev–Trinajstić information content (AvgIpc) is 2.86. The second-order valence-corrected chi connectivity index (χ2v) is 10.2. The Labute approximate surface area is 138 Å². The van der Waals surface area contributed by atoms with Crippen LogP contribution in [0.3, 0.4) is 0 Å². The zero-order chi connectivity index (χ0) is 13.8. The molecule has 0 aliphatic carbocycles. The summed E-state index contributed by atoms with van der Waals surface area (Å²) in [4.78, 5) is 0. The van der Waals surface area contributed by atoms with Crippen molar-refractivity contribution in [3.63, 3.8) is 0 Å². The minimum absolute atomic E-state index is 1.10. The van der Waals surface area contributed by atoms with E-state index in [1.807, 2.05) is 47.0 Å². The molecular weight excluding hydrogens is 332 g/mol. The van der Waals surface area contributed by atoms with E-state index < -0.39 is 0 Å². The predicted octanol–water partition coefficient (Wildman–Crippen LogP) is 5.70. The van der Waals surface area contributed by atoms with Gasteiger partial charge in [0.05, 0.1) is 0 Å². The maximum atomic E-state index is 4.24. The summed E-state index contributed by atoms with van der Waals surface area (Å²) in [5, 5.41) is 10.7. The van der Waals surface area contributed by atoms with E-state index in [2.05, 4.69) is 24.0 Å². The molecule has 110 valence electrons. The molecule has 0 saturated heterocycles. The number of aromatic nitrogens is 2. The molecule has 0 radical (unpaired) electrons. The van der Waals surface area contributed by atoms with E-state index >= 15 is 0 Å². The number of nitrogens with zero attached hydrogens (tertiary/aromatic N) is 2. The van der Waals surface area contributed by atoms with E-state index in [-0.39, 0.29) is 0 Å². The third-order valence-corrected chi connectivity index (χ3v) is 8.01. The van der Waals surface area contributed by atoms with E-state index in [4.69, 9.17) is 0 Å². The summed E-state index contributed by atoms with van der Waals surface area (Å²) >= 11 is 9.39. The van der Waals surface area contributed by atoms with Gasteiger partial charge in [0.15, 0.2) is 8.68 Å². The summed E-state index contributed by atoms with van der Waals surface area (Å²) in [6.07, 6.45) is 5.20. The normalized spacial score (nSPS) is 11.1. The molecule has 0 aliphatic rings. The molecular formula is C12H22N2S5. The molecule has 0 unspecified atom stereocenters. The van der Waals surface area contributed by atoms with Crippen LogP contribution >= 0.6 is 58.4 Å². The van der Waals surface area contributed by atoms with Crippen molar-refractivity contribution in [2.45, 2.75) is 48.2 Å². The Hall–Kier alpha value is 0.960. The van der Waals surface area contributed by atoms with Gasteiger partial charge >= 0.3 is 0 Å². The van der Waals surface area contributed by atoms with Crippen LogP contribution in [0.1, 0.15) is 39.5 Å². The van der Waals surface area contributed by atoms with Gasteiger partial charge in [-0.15, -0.1) is 10.2 Å². The molecule has 1 rings (SSSR count). The van der Waals surface area contributed by atoms with Crippen LogP contribution in [0.25, 0.3) is 0 Å². The van der Waals surface area contributed by atoms with Crippen molar-refractivity contribution in [1.82, 2.24) is 10.2 Å². The first-order chi connectivity index (χ1) is 9.36. The highest BCUT2D eigenvalue weighted by molar-refractivity contribution is 8.17. The van der Waals surface area contributed by atoms with Crippen LogP contribution in [0.4, 0.5) is 0 Å². The Kier molecular flexibility index (Phi) is 12.0. The molecule has 1 aromatic heterocycles. The van der Waals surface area contributed by atoms with Crippen LogP contribution in [0.15, 0.2) is 8.68 Å². The van der Waals surface area contributed by atoms with Gasteiger partial charge < -0.3 is 0 Å².